The number of hydrogen-bond acceptors (Lipinski definition) is 5. The highest BCUT2D eigenvalue weighted by molar-refractivity contribution is 6.08. The highest BCUT2D eigenvalue weighted by Gasteiger charge is 2.39. The summed E-state index contributed by atoms with van der Waals surface area (Å²) in [5.74, 6) is 0.889. The Morgan fingerprint density at radius 3 is 2.47 bits per heavy atom. The largest absolute Gasteiger partial charge is 0.504 e. The number of nitrogens with one attached hydrogen (secondary N) is 3. The van der Waals surface area contributed by atoms with Gasteiger partial charge in [0, 0.05) is 23.0 Å². The number of rotatable bonds is 6. The van der Waals surface area contributed by atoms with Crippen molar-refractivity contribution in [3.63, 3.8) is 0 Å². The van der Waals surface area contributed by atoms with E-state index < -0.39 is 0 Å². The fourth-order valence-corrected chi connectivity index (χ4v) is 5.55. The number of ether oxygens (including phenoxy) is 1. The number of phenolic OH excluding ortho intramolecular Hbond substituents is 1. The molecule has 4 aromatic carbocycles. The normalized spacial score (nSPS) is 19.1. The SMILES string of the molecule is COc1cc(C2Nc3c(C(=O)Nc4ccc(Nc5ccccc5)cc4)cccc3C3C=CCC32)ccc1O. The summed E-state index contributed by atoms with van der Waals surface area (Å²) >= 11 is 0. The summed E-state index contributed by atoms with van der Waals surface area (Å²) in [7, 11) is 1.55. The van der Waals surface area contributed by atoms with Crippen LogP contribution in [0, 0.1) is 5.92 Å². The van der Waals surface area contributed by atoms with Crippen molar-refractivity contribution in [2.75, 3.05) is 23.1 Å². The standard InChI is InChI=1S/C32H29N3O3/c1-38-29-19-20(13-18-28(29)36)30-25-10-5-9-24(25)26-11-6-12-27(31(26)35-30)32(37)34-23-16-14-22(15-17-23)33-21-7-3-2-4-8-21/h2-9,11-19,24-25,30,33,35-36H,10H2,1H3,(H,34,37). The summed E-state index contributed by atoms with van der Waals surface area (Å²) in [6, 6.07) is 29.0. The van der Waals surface area contributed by atoms with Crippen LogP contribution in [0.3, 0.4) is 0 Å². The average Bonchev–Trinajstić information content (AvgIpc) is 3.45. The van der Waals surface area contributed by atoms with Crippen molar-refractivity contribution in [2.24, 2.45) is 5.92 Å². The van der Waals surface area contributed by atoms with Gasteiger partial charge >= 0.3 is 0 Å². The van der Waals surface area contributed by atoms with Crippen molar-refractivity contribution in [1.29, 1.82) is 0 Å². The molecular weight excluding hydrogens is 474 g/mol. The third-order valence-corrected chi connectivity index (χ3v) is 7.41. The zero-order valence-electron chi connectivity index (χ0n) is 21.0. The average molecular weight is 504 g/mol. The van der Waals surface area contributed by atoms with E-state index in [2.05, 4.69) is 34.2 Å². The minimum atomic E-state index is -0.166. The third kappa shape index (κ3) is 4.45. The number of phenols is 1. The molecular formula is C32H29N3O3. The van der Waals surface area contributed by atoms with Gasteiger partial charge in [-0.25, -0.2) is 0 Å². The Morgan fingerprint density at radius 2 is 1.68 bits per heavy atom. The molecule has 6 nitrogen and oxygen atoms in total. The molecule has 1 aliphatic heterocycles. The van der Waals surface area contributed by atoms with Crippen molar-refractivity contribution in [3.8, 4) is 11.5 Å². The molecule has 1 amide bonds. The van der Waals surface area contributed by atoms with E-state index >= 15 is 0 Å². The van der Waals surface area contributed by atoms with E-state index in [4.69, 9.17) is 4.74 Å². The first kappa shape index (κ1) is 23.7. The fraction of sp³-hybridized carbons (Fsp3) is 0.156. The second kappa shape index (κ2) is 9.98. The fourth-order valence-electron chi connectivity index (χ4n) is 5.55. The van der Waals surface area contributed by atoms with Crippen molar-refractivity contribution in [1.82, 2.24) is 0 Å². The number of anilines is 4. The third-order valence-electron chi connectivity index (χ3n) is 7.41. The molecule has 0 saturated carbocycles. The summed E-state index contributed by atoms with van der Waals surface area (Å²) in [5.41, 5.74) is 6.26. The van der Waals surface area contributed by atoms with Crippen LogP contribution in [-0.2, 0) is 0 Å². The van der Waals surface area contributed by atoms with Crippen LogP contribution < -0.4 is 20.7 Å². The summed E-state index contributed by atoms with van der Waals surface area (Å²) in [5, 5.41) is 20.2. The predicted molar refractivity (Wildman–Crippen MR) is 152 cm³/mol. The molecule has 1 heterocycles. The van der Waals surface area contributed by atoms with E-state index in [-0.39, 0.29) is 23.6 Å². The van der Waals surface area contributed by atoms with Crippen LogP contribution in [0.25, 0.3) is 0 Å². The molecule has 38 heavy (non-hydrogen) atoms. The molecule has 0 radical (unpaired) electrons. The molecule has 4 aromatic rings. The lowest BCUT2D eigenvalue weighted by atomic mass is 9.76. The maximum Gasteiger partial charge on any atom is 0.257 e. The molecule has 4 N–H and O–H groups in total. The first-order valence-electron chi connectivity index (χ1n) is 12.8. The van der Waals surface area contributed by atoms with Gasteiger partial charge in [0.2, 0.25) is 0 Å². The second-order valence-electron chi connectivity index (χ2n) is 9.70. The monoisotopic (exact) mass is 503 g/mol. The van der Waals surface area contributed by atoms with E-state index in [1.807, 2.05) is 78.9 Å². The van der Waals surface area contributed by atoms with Crippen molar-refractivity contribution >= 4 is 28.7 Å². The topological polar surface area (TPSA) is 82.6 Å². The number of benzene rings is 4. The molecule has 6 rings (SSSR count). The maximum absolute atomic E-state index is 13.5. The predicted octanol–water partition coefficient (Wildman–Crippen LogP) is 7.22. The molecule has 0 spiro atoms. The van der Waals surface area contributed by atoms with Crippen LogP contribution in [-0.4, -0.2) is 18.1 Å². The second-order valence-corrected chi connectivity index (χ2v) is 9.70. The number of fused-ring (bicyclic) bond motifs is 3. The first-order chi connectivity index (χ1) is 18.6. The number of aromatic hydroxyl groups is 1. The molecule has 190 valence electrons. The Labute approximate surface area is 222 Å². The Bertz CT molecular complexity index is 1500. The molecule has 0 aromatic heterocycles. The maximum atomic E-state index is 13.5. The van der Waals surface area contributed by atoms with E-state index in [1.165, 1.54) is 0 Å². The summed E-state index contributed by atoms with van der Waals surface area (Å²) < 4.78 is 5.37. The quantitative estimate of drug-likeness (QED) is 0.209. The van der Waals surface area contributed by atoms with E-state index in [0.29, 0.717) is 17.2 Å². The molecule has 3 atom stereocenters. The molecule has 3 unspecified atom stereocenters. The first-order valence-corrected chi connectivity index (χ1v) is 12.8. The van der Waals surface area contributed by atoms with Crippen LogP contribution in [0.4, 0.5) is 22.7 Å². The van der Waals surface area contributed by atoms with Gasteiger partial charge in [-0.1, -0.05) is 48.6 Å². The number of carbonyl (C=O) groups excluding carboxylic acids is 1. The smallest absolute Gasteiger partial charge is 0.257 e. The Hall–Kier alpha value is -4.71. The van der Waals surface area contributed by atoms with Crippen molar-refractivity contribution in [3.05, 3.63) is 120 Å². The van der Waals surface area contributed by atoms with Crippen molar-refractivity contribution < 1.29 is 14.6 Å². The van der Waals surface area contributed by atoms with Crippen molar-refractivity contribution in [2.45, 2.75) is 18.4 Å². The molecule has 6 heteroatoms. The van der Waals surface area contributed by atoms with Crippen LogP contribution in [0.15, 0.2) is 103 Å². The lowest BCUT2D eigenvalue weighted by Gasteiger charge is -2.38. The lowest BCUT2D eigenvalue weighted by molar-refractivity contribution is 0.102. The molecule has 1 aliphatic carbocycles. The summed E-state index contributed by atoms with van der Waals surface area (Å²) in [6.45, 7) is 0. The number of allylic oxidation sites excluding steroid dienone is 2. The van der Waals surface area contributed by atoms with Crippen LogP contribution in [0.2, 0.25) is 0 Å². The molecule has 0 fully saturated rings. The zero-order valence-corrected chi connectivity index (χ0v) is 21.0. The highest BCUT2D eigenvalue weighted by atomic mass is 16.5. The Morgan fingerprint density at radius 1 is 0.921 bits per heavy atom. The molecule has 0 saturated heterocycles. The van der Waals surface area contributed by atoms with Gasteiger partial charge in [-0.2, -0.15) is 0 Å². The van der Waals surface area contributed by atoms with E-state index in [1.54, 1.807) is 13.2 Å². The van der Waals surface area contributed by atoms with Gasteiger partial charge in [0.1, 0.15) is 0 Å². The van der Waals surface area contributed by atoms with Gasteiger partial charge in [-0.3, -0.25) is 4.79 Å². The number of para-hydroxylation sites is 2. The molecule has 2 aliphatic rings. The Balaban J connectivity index is 1.26. The highest BCUT2D eigenvalue weighted by Crippen LogP contribution is 2.51. The van der Waals surface area contributed by atoms with Gasteiger partial charge in [0.05, 0.1) is 24.4 Å². The summed E-state index contributed by atoms with van der Waals surface area (Å²) in [4.78, 5) is 13.5. The van der Waals surface area contributed by atoms with Crippen LogP contribution >= 0.6 is 0 Å². The van der Waals surface area contributed by atoms with Gasteiger partial charge in [-0.05, 0) is 78.1 Å². The Kier molecular flexibility index (Phi) is 6.22. The van der Waals surface area contributed by atoms with E-state index in [0.717, 1.165) is 40.3 Å². The van der Waals surface area contributed by atoms with Gasteiger partial charge in [-0.15, -0.1) is 0 Å². The van der Waals surface area contributed by atoms with Crippen LogP contribution in [0.5, 0.6) is 11.5 Å². The molecule has 0 bridgehead atoms. The number of carbonyl (C=O) groups is 1. The minimum absolute atomic E-state index is 0.0331. The van der Waals surface area contributed by atoms with Gasteiger partial charge in [0.25, 0.3) is 5.91 Å². The van der Waals surface area contributed by atoms with Gasteiger partial charge in [0.15, 0.2) is 11.5 Å². The number of hydrogen-bond donors (Lipinski definition) is 4. The van der Waals surface area contributed by atoms with E-state index in [9.17, 15) is 9.90 Å². The van der Waals surface area contributed by atoms with Gasteiger partial charge < -0.3 is 25.8 Å². The zero-order chi connectivity index (χ0) is 26.1. The number of amides is 1. The van der Waals surface area contributed by atoms with Crippen LogP contribution in [0.1, 0.15) is 39.9 Å². The lowest BCUT2D eigenvalue weighted by Crippen LogP contribution is -2.31. The number of methoxy groups -OCH3 is 1. The minimum Gasteiger partial charge on any atom is -0.504 e. The summed E-state index contributed by atoms with van der Waals surface area (Å²) in [6.07, 6.45) is 5.40.